The van der Waals surface area contributed by atoms with E-state index in [9.17, 15) is 5.11 Å². The van der Waals surface area contributed by atoms with Gasteiger partial charge in [-0.15, -0.1) is 0 Å². The summed E-state index contributed by atoms with van der Waals surface area (Å²) < 4.78 is 11.3. The summed E-state index contributed by atoms with van der Waals surface area (Å²) in [5, 5.41) is 16.3. The maximum Gasteiger partial charge on any atom is 0.316 e. The summed E-state index contributed by atoms with van der Waals surface area (Å²) in [7, 11) is 0. The fraction of sp³-hybridized carbons (Fsp3) is 0.333. The van der Waals surface area contributed by atoms with Crippen LogP contribution in [0.25, 0.3) is 11.4 Å². The van der Waals surface area contributed by atoms with Crippen molar-refractivity contribution in [3.05, 3.63) is 42.9 Å². The molecule has 9 nitrogen and oxygen atoms in total. The topological polar surface area (TPSA) is 114 Å². The number of phenols is 1. The zero-order valence-electron chi connectivity index (χ0n) is 16.7. The maximum absolute atomic E-state index is 9.51. The van der Waals surface area contributed by atoms with E-state index in [0.717, 1.165) is 19.5 Å². The first kappa shape index (κ1) is 19.8. The Morgan fingerprint density at radius 2 is 1.93 bits per heavy atom. The molecule has 2 aromatic heterocycles. The molecule has 3 heterocycles. The van der Waals surface area contributed by atoms with Crippen molar-refractivity contribution < 1.29 is 14.6 Å². The predicted molar refractivity (Wildman–Crippen MR) is 112 cm³/mol. The van der Waals surface area contributed by atoms with Crippen LogP contribution in [0.1, 0.15) is 19.8 Å². The van der Waals surface area contributed by atoms with E-state index in [2.05, 4.69) is 30.6 Å². The summed E-state index contributed by atoms with van der Waals surface area (Å²) >= 11 is 0. The van der Waals surface area contributed by atoms with E-state index >= 15 is 0 Å². The number of hydrogen-bond donors (Lipinski definition) is 3. The van der Waals surface area contributed by atoms with Crippen molar-refractivity contribution in [2.24, 2.45) is 0 Å². The summed E-state index contributed by atoms with van der Waals surface area (Å²) in [4.78, 5) is 17.4. The number of nitrogens with zero attached hydrogens (tertiary/aromatic N) is 4. The summed E-state index contributed by atoms with van der Waals surface area (Å²) in [6.45, 7) is 4.16. The molecule has 0 unspecified atom stereocenters. The van der Waals surface area contributed by atoms with E-state index in [4.69, 9.17) is 9.47 Å². The van der Waals surface area contributed by atoms with Crippen molar-refractivity contribution in [3.63, 3.8) is 0 Å². The molecule has 0 spiro atoms. The highest BCUT2D eigenvalue weighted by Crippen LogP contribution is 2.30. The van der Waals surface area contributed by atoms with E-state index in [-0.39, 0.29) is 5.75 Å². The SMILES string of the molecule is CCOc1ncc(-c2ncc(NC[C@@H]3CCCN3)c(Oc3ccc(O)cc3)n2)cn1. The Balaban J connectivity index is 1.59. The molecule has 3 aromatic rings. The second-order valence-corrected chi connectivity index (χ2v) is 6.87. The third kappa shape index (κ3) is 4.93. The van der Waals surface area contributed by atoms with Gasteiger partial charge in [0.2, 0.25) is 5.88 Å². The van der Waals surface area contributed by atoms with Crippen LogP contribution in [-0.4, -0.2) is 50.8 Å². The van der Waals surface area contributed by atoms with Crippen molar-refractivity contribution in [2.45, 2.75) is 25.8 Å². The van der Waals surface area contributed by atoms with Crippen LogP contribution in [0.15, 0.2) is 42.9 Å². The Hall–Kier alpha value is -3.46. The molecular weight excluding hydrogens is 384 g/mol. The number of ether oxygens (including phenoxy) is 2. The van der Waals surface area contributed by atoms with Gasteiger partial charge < -0.3 is 25.2 Å². The average Bonchev–Trinajstić information content (AvgIpc) is 3.29. The second-order valence-electron chi connectivity index (χ2n) is 6.87. The molecule has 1 aliphatic rings. The van der Waals surface area contributed by atoms with E-state index < -0.39 is 0 Å². The molecule has 0 amide bonds. The number of benzene rings is 1. The van der Waals surface area contributed by atoms with Crippen molar-refractivity contribution >= 4 is 5.69 Å². The molecule has 1 fully saturated rings. The highest BCUT2D eigenvalue weighted by Gasteiger charge is 2.17. The molecular formula is C21H24N6O3. The first-order chi connectivity index (χ1) is 14.7. The fourth-order valence-corrected chi connectivity index (χ4v) is 3.13. The number of aromatic nitrogens is 4. The molecule has 1 atom stereocenters. The monoisotopic (exact) mass is 408 g/mol. The molecule has 0 saturated carbocycles. The van der Waals surface area contributed by atoms with Gasteiger partial charge in [0.25, 0.3) is 0 Å². The molecule has 1 aliphatic heterocycles. The lowest BCUT2D eigenvalue weighted by molar-refractivity contribution is 0.312. The first-order valence-electron chi connectivity index (χ1n) is 9.97. The van der Waals surface area contributed by atoms with Crippen molar-refractivity contribution in [1.82, 2.24) is 25.3 Å². The maximum atomic E-state index is 9.51. The van der Waals surface area contributed by atoms with Gasteiger partial charge in [0.1, 0.15) is 17.2 Å². The van der Waals surface area contributed by atoms with Gasteiger partial charge in [-0.05, 0) is 50.6 Å². The lowest BCUT2D eigenvalue weighted by Crippen LogP contribution is -2.29. The quantitative estimate of drug-likeness (QED) is 0.517. The van der Waals surface area contributed by atoms with Crippen molar-refractivity contribution in [3.8, 4) is 34.8 Å². The van der Waals surface area contributed by atoms with Crippen LogP contribution >= 0.6 is 0 Å². The van der Waals surface area contributed by atoms with Crippen LogP contribution < -0.4 is 20.1 Å². The minimum Gasteiger partial charge on any atom is -0.508 e. The first-order valence-corrected chi connectivity index (χ1v) is 9.97. The van der Waals surface area contributed by atoms with Gasteiger partial charge in [0, 0.05) is 25.0 Å². The van der Waals surface area contributed by atoms with Crippen molar-refractivity contribution in [1.29, 1.82) is 0 Å². The van der Waals surface area contributed by atoms with Crippen LogP contribution in [0.5, 0.6) is 23.4 Å². The lowest BCUT2D eigenvalue weighted by Gasteiger charge is -2.16. The van der Waals surface area contributed by atoms with Gasteiger partial charge in [-0.1, -0.05) is 0 Å². The van der Waals surface area contributed by atoms with Crippen LogP contribution in [0.2, 0.25) is 0 Å². The largest absolute Gasteiger partial charge is 0.508 e. The Morgan fingerprint density at radius 3 is 2.63 bits per heavy atom. The molecule has 0 aliphatic carbocycles. The molecule has 3 N–H and O–H groups in total. The average molecular weight is 408 g/mol. The highest BCUT2D eigenvalue weighted by molar-refractivity contribution is 5.59. The number of rotatable bonds is 8. The standard InChI is InChI=1S/C21H24N6O3/c1-2-29-21-25-10-14(11-26-21)19-24-13-18(23-12-15-4-3-9-22-15)20(27-19)30-17-7-5-16(28)6-8-17/h5-8,10-11,13,15,22-23,28H,2-4,9,12H2,1H3/t15-/m0/s1. The normalized spacial score (nSPS) is 15.7. The summed E-state index contributed by atoms with van der Waals surface area (Å²) in [5.41, 5.74) is 1.34. The number of anilines is 1. The van der Waals surface area contributed by atoms with Gasteiger partial charge in [-0.25, -0.2) is 15.0 Å². The Bertz CT molecular complexity index is 959. The molecule has 30 heavy (non-hydrogen) atoms. The number of phenolic OH excluding ortho intramolecular Hbond substituents is 1. The highest BCUT2D eigenvalue weighted by atomic mass is 16.5. The third-order valence-electron chi connectivity index (χ3n) is 4.67. The molecule has 9 heteroatoms. The van der Waals surface area contributed by atoms with E-state index in [1.54, 1.807) is 42.9 Å². The Kier molecular flexibility index (Phi) is 6.19. The summed E-state index contributed by atoms with van der Waals surface area (Å²) in [5.74, 6) is 1.55. The molecule has 4 rings (SSSR count). The van der Waals surface area contributed by atoms with E-state index in [1.165, 1.54) is 6.42 Å². The van der Waals surface area contributed by atoms with Gasteiger partial charge in [-0.2, -0.15) is 4.98 Å². The number of aromatic hydroxyl groups is 1. The summed E-state index contributed by atoms with van der Waals surface area (Å²) in [6.07, 6.45) is 7.24. The minimum absolute atomic E-state index is 0.169. The van der Waals surface area contributed by atoms with E-state index in [1.807, 2.05) is 6.92 Å². The third-order valence-corrected chi connectivity index (χ3v) is 4.67. The predicted octanol–water partition coefficient (Wildman–Crippen LogP) is 2.99. The number of hydrogen-bond acceptors (Lipinski definition) is 9. The number of nitrogens with one attached hydrogen (secondary N) is 2. The van der Waals surface area contributed by atoms with Gasteiger partial charge >= 0.3 is 6.01 Å². The van der Waals surface area contributed by atoms with Gasteiger partial charge in [0.15, 0.2) is 5.82 Å². The Morgan fingerprint density at radius 1 is 1.13 bits per heavy atom. The van der Waals surface area contributed by atoms with Crippen LogP contribution in [0, 0.1) is 0 Å². The Labute approximate surface area is 174 Å². The smallest absolute Gasteiger partial charge is 0.316 e. The van der Waals surface area contributed by atoms with Crippen LogP contribution in [0.3, 0.4) is 0 Å². The zero-order valence-corrected chi connectivity index (χ0v) is 16.7. The van der Waals surface area contributed by atoms with Crippen LogP contribution in [0.4, 0.5) is 5.69 Å². The van der Waals surface area contributed by atoms with Crippen LogP contribution in [-0.2, 0) is 0 Å². The van der Waals surface area contributed by atoms with Gasteiger partial charge in [0.05, 0.1) is 18.4 Å². The molecule has 0 radical (unpaired) electrons. The zero-order chi connectivity index (χ0) is 20.8. The second kappa shape index (κ2) is 9.36. The molecule has 0 bridgehead atoms. The minimum atomic E-state index is 0.169. The van der Waals surface area contributed by atoms with Crippen molar-refractivity contribution in [2.75, 3.05) is 25.0 Å². The summed E-state index contributed by atoms with van der Waals surface area (Å²) in [6, 6.07) is 7.20. The van der Waals surface area contributed by atoms with E-state index in [0.29, 0.717) is 47.4 Å². The fourth-order valence-electron chi connectivity index (χ4n) is 3.13. The molecule has 156 valence electrons. The lowest BCUT2D eigenvalue weighted by atomic mass is 10.2. The van der Waals surface area contributed by atoms with Gasteiger partial charge in [-0.3, -0.25) is 0 Å². The molecule has 1 saturated heterocycles. The molecule has 1 aromatic carbocycles.